The molecule has 0 radical (unpaired) electrons. The van der Waals surface area contributed by atoms with Crippen LogP contribution in [0.4, 0.5) is 0 Å². The van der Waals surface area contributed by atoms with E-state index >= 15 is 0 Å². The third kappa shape index (κ3) is 13.3. The monoisotopic (exact) mass is 880 g/mol. The lowest BCUT2D eigenvalue weighted by molar-refractivity contribution is -0.372. The second-order valence-electron chi connectivity index (χ2n) is 16.4. The minimum absolute atomic E-state index is 0.157. The summed E-state index contributed by atoms with van der Waals surface area (Å²) in [5.41, 5.74) is 6.06. The fourth-order valence-corrected chi connectivity index (χ4v) is 8.27. The Morgan fingerprint density at radius 3 is 1.06 bits per heavy atom. The van der Waals surface area contributed by atoms with Crippen molar-refractivity contribution in [2.24, 2.45) is 0 Å². The fourth-order valence-electron chi connectivity index (χ4n) is 8.27. The van der Waals surface area contributed by atoms with E-state index < -0.39 is 61.4 Å². The van der Waals surface area contributed by atoms with E-state index in [4.69, 9.17) is 47.4 Å². The van der Waals surface area contributed by atoms with Gasteiger partial charge in [0.15, 0.2) is 12.6 Å². The third-order valence-corrected chi connectivity index (χ3v) is 11.7. The van der Waals surface area contributed by atoms with Crippen LogP contribution in [0.15, 0.2) is 182 Å². The van der Waals surface area contributed by atoms with Crippen molar-refractivity contribution >= 4 is 0 Å². The van der Waals surface area contributed by atoms with Gasteiger partial charge in [0.25, 0.3) is 0 Å². The predicted octanol–water partition coefficient (Wildman–Crippen LogP) is 9.63. The summed E-state index contributed by atoms with van der Waals surface area (Å²) in [5, 5.41) is 0. The zero-order valence-corrected chi connectivity index (χ0v) is 37.1. The number of ether oxygens (including phenoxy) is 10. The Balaban J connectivity index is 1.15. The van der Waals surface area contributed by atoms with E-state index in [-0.39, 0.29) is 26.4 Å². The molecule has 0 aromatic heterocycles. The second-order valence-corrected chi connectivity index (χ2v) is 16.4. The van der Waals surface area contributed by atoms with Crippen molar-refractivity contribution in [1.29, 1.82) is 0 Å². The van der Waals surface area contributed by atoms with Gasteiger partial charge in [-0.15, -0.1) is 0 Å². The summed E-state index contributed by atoms with van der Waals surface area (Å²) in [6, 6.07) is 60.4. The van der Waals surface area contributed by atoms with Crippen LogP contribution in [0.5, 0.6) is 0 Å². The first kappa shape index (κ1) is 46.4. The minimum atomic E-state index is -0.979. The molecule has 10 nitrogen and oxygen atoms in total. The average Bonchev–Trinajstić information content (AvgIpc) is 3.36. The van der Waals surface area contributed by atoms with Crippen molar-refractivity contribution in [2.45, 2.75) is 108 Å². The molecule has 0 N–H and O–H groups in total. The highest BCUT2D eigenvalue weighted by atomic mass is 16.8. The molecule has 2 fully saturated rings. The van der Waals surface area contributed by atoms with Gasteiger partial charge in [-0.25, -0.2) is 0 Å². The maximum absolute atomic E-state index is 7.34. The van der Waals surface area contributed by atoms with Crippen molar-refractivity contribution in [3.63, 3.8) is 0 Å². The lowest BCUT2D eigenvalue weighted by Crippen LogP contribution is -2.65. The quantitative estimate of drug-likeness (QED) is 0.0657. The molecule has 0 saturated carbocycles. The molecule has 0 bridgehead atoms. The van der Waals surface area contributed by atoms with Gasteiger partial charge in [-0.1, -0.05) is 182 Å². The van der Waals surface area contributed by atoms with Gasteiger partial charge in [0.1, 0.15) is 42.7 Å². The first-order valence-corrected chi connectivity index (χ1v) is 22.5. The summed E-state index contributed by atoms with van der Waals surface area (Å²) in [7, 11) is 1.62. The Labute approximate surface area is 383 Å². The molecule has 0 amide bonds. The zero-order valence-electron chi connectivity index (χ0n) is 37.1. The summed E-state index contributed by atoms with van der Waals surface area (Å²) >= 11 is 0. The number of hydrogen-bond acceptors (Lipinski definition) is 10. The van der Waals surface area contributed by atoms with Crippen molar-refractivity contribution in [2.75, 3.05) is 13.7 Å². The summed E-state index contributed by atoms with van der Waals surface area (Å²) < 4.78 is 68.0. The Morgan fingerprint density at radius 1 is 0.354 bits per heavy atom. The molecule has 6 aromatic rings. The maximum atomic E-state index is 7.34. The molecule has 2 saturated heterocycles. The van der Waals surface area contributed by atoms with Crippen molar-refractivity contribution in [1.82, 2.24) is 0 Å². The van der Waals surface area contributed by atoms with E-state index in [1.807, 2.05) is 189 Å². The van der Waals surface area contributed by atoms with Crippen LogP contribution in [0.2, 0.25) is 0 Å². The van der Waals surface area contributed by atoms with Gasteiger partial charge in [-0.05, 0) is 40.3 Å². The molecule has 0 unspecified atom stereocenters. The summed E-state index contributed by atoms with van der Waals surface area (Å²) in [4.78, 5) is 0. The minimum Gasteiger partial charge on any atom is -0.374 e. The van der Waals surface area contributed by atoms with Crippen LogP contribution in [0.3, 0.4) is 0 Å². The zero-order chi connectivity index (χ0) is 44.5. The fraction of sp³-hybridized carbons (Fsp3) is 0.345. The number of rotatable bonds is 22. The molecule has 2 aliphatic rings. The number of benzene rings is 6. The molecule has 340 valence electrons. The van der Waals surface area contributed by atoms with Crippen LogP contribution >= 0.6 is 0 Å². The molecule has 10 heteroatoms. The molecular formula is C55H60O10. The van der Waals surface area contributed by atoms with E-state index in [9.17, 15) is 0 Å². The Morgan fingerprint density at radius 2 is 0.677 bits per heavy atom. The molecule has 0 aliphatic carbocycles. The van der Waals surface area contributed by atoms with Crippen molar-refractivity contribution < 1.29 is 47.4 Å². The van der Waals surface area contributed by atoms with Crippen LogP contribution in [-0.2, 0) is 87.0 Å². The summed E-state index contributed by atoms with van der Waals surface area (Å²) in [6.45, 7) is 4.02. The van der Waals surface area contributed by atoms with Gasteiger partial charge >= 0.3 is 0 Å². The number of hydrogen-bond donors (Lipinski definition) is 0. The molecule has 0 spiro atoms. The molecule has 2 aliphatic heterocycles. The van der Waals surface area contributed by atoms with Gasteiger partial charge in [-0.3, -0.25) is 0 Å². The van der Waals surface area contributed by atoms with Crippen molar-refractivity contribution in [3.8, 4) is 0 Å². The van der Waals surface area contributed by atoms with Crippen molar-refractivity contribution in [3.05, 3.63) is 215 Å². The van der Waals surface area contributed by atoms with Gasteiger partial charge in [0, 0.05) is 7.11 Å². The lowest BCUT2D eigenvalue weighted by Gasteiger charge is -2.49. The Kier molecular flexibility index (Phi) is 17.5. The standard InChI is InChI=1S/C55H60O10/c1-40-48(58-34-42-23-11-4-12-24-42)50(59-35-43-25-13-5-14-26-43)53(62-38-46-31-19-8-20-32-46)55(63-40)65-49-47(39-57-33-41-21-9-3-10-22-41)64-54(56-2)52(61-37-45-29-17-7-18-30-45)51(49)60-36-44-27-15-6-16-28-44/h3-32,40,47-55H,33-39H2,1-2H3/t40-,47-,48-,49-,50+,51+,52-,53-,54-,55-/m1/s1. The van der Waals surface area contributed by atoms with Gasteiger partial charge in [0.2, 0.25) is 0 Å². The van der Waals surface area contributed by atoms with Gasteiger partial charge in [0.05, 0.1) is 52.4 Å². The highest BCUT2D eigenvalue weighted by Crippen LogP contribution is 2.36. The third-order valence-electron chi connectivity index (χ3n) is 11.7. The molecule has 10 atom stereocenters. The average molecular weight is 881 g/mol. The van der Waals surface area contributed by atoms with Crippen LogP contribution in [-0.4, -0.2) is 75.1 Å². The van der Waals surface area contributed by atoms with Gasteiger partial charge in [-0.2, -0.15) is 0 Å². The molecular weight excluding hydrogens is 821 g/mol. The second kappa shape index (κ2) is 24.4. The largest absolute Gasteiger partial charge is 0.374 e. The molecule has 6 aromatic carbocycles. The SMILES string of the molecule is CO[C@@H]1O[C@H](COCc2ccccc2)[C@@H](O[C@H]2O[C@H](C)[C@@H](OCc3ccccc3)[C@H](OCc3ccccc3)[C@H]2OCc2ccccc2)[C@H](OCc2ccccc2)[C@H]1OCc1ccccc1. The first-order valence-electron chi connectivity index (χ1n) is 22.5. The summed E-state index contributed by atoms with van der Waals surface area (Å²) in [6.07, 6.45) is -7.18. The number of methoxy groups -OCH3 is 1. The van der Waals surface area contributed by atoms with E-state index in [0.717, 1.165) is 33.4 Å². The summed E-state index contributed by atoms with van der Waals surface area (Å²) in [5.74, 6) is 0. The Bertz CT molecular complexity index is 2200. The molecule has 8 rings (SSSR count). The van der Waals surface area contributed by atoms with E-state index in [1.54, 1.807) is 7.11 Å². The predicted molar refractivity (Wildman–Crippen MR) is 246 cm³/mol. The highest BCUT2D eigenvalue weighted by molar-refractivity contribution is 5.18. The van der Waals surface area contributed by atoms with E-state index in [0.29, 0.717) is 19.8 Å². The van der Waals surface area contributed by atoms with E-state index in [2.05, 4.69) is 0 Å². The van der Waals surface area contributed by atoms with Crippen LogP contribution in [0, 0.1) is 0 Å². The normalized spacial score (nSPS) is 25.6. The molecule has 65 heavy (non-hydrogen) atoms. The Hall–Kier alpha value is -5.08. The van der Waals surface area contributed by atoms with Crippen LogP contribution in [0.25, 0.3) is 0 Å². The lowest BCUT2D eigenvalue weighted by atomic mass is 9.96. The van der Waals surface area contributed by atoms with Crippen LogP contribution in [0.1, 0.15) is 40.3 Å². The highest BCUT2D eigenvalue weighted by Gasteiger charge is 2.54. The topological polar surface area (TPSA) is 92.3 Å². The maximum Gasteiger partial charge on any atom is 0.187 e. The first-order chi connectivity index (χ1) is 32.1. The van der Waals surface area contributed by atoms with Crippen LogP contribution < -0.4 is 0 Å². The smallest absolute Gasteiger partial charge is 0.187 e. The van der Waals surface area contributed by atoms with Gasteiger partial charge < -0.3 is 47.4 Å². The molecule has 2 heterocycles. The van der Waals surface area contributed by atoms with E-state index in [1.165, 1.54) is 0 Å².